The molecule has 1 heterocycles. The molecule has 0 spiro atoms. The Kier molecular flexibility index (Phi) is 4.95. The molecule has 0 radical (unpaired) electrons. The van der Waals surface area contributed by atoms with E-state index in [-0.39, 0.29) is 5.56 Å². The second kappa shape index (κ2) is 7.31. The fourth-order valence-electron chi connectivity index (χ4n) is 2.29. The lowest BCUT2D eigenvalue weighted by molar-refractivity contribution is 0.0984. The standard InChI is InChI=1S/C18H14FN3O2S/c1-2-22(17(24)14-5-3-4-6-15(14)19)18-21-20-16(25-18)13-9-7-12(11-23)8-10-13/h3-11H,2H2,1H3. The molecule has 5 nitrogen and oxygen atoms in total. The number of rotatable bonds is 5. The average molecular weight is 355 g/mol. The van der Waals surface area contributed by atoms with Gasteiger partial charge in [-0.05, 0) is 19.1 Å². The summed E-state index contributed by atoms with van der Waals surface area (Å²) in [6.07, 6.45) is 0.765. The number of halogens is 1. The Hall–Kier alpha value is -2.93. The third-order valence-electron chi connectivity index (χ3n) is 3.60. The molecule has 0 aliphatic heterocycles. The molecule has 0 fully saturated rings. The number of amides is 1. The molecule has 0 bridgehead atoms. The summed E-state index contributed by atoms with van der Waals surface area (Å²) in [5.41, 5.74) is 1.36. The van der Waals surface area contributed by atoms with Crippen molar-refractivity contribution in [2.45, 2.75) is 6.92 Å². The van der Waals surface area contributed by atoms with Gasteiger partial charge in [0.15, 0.2) is 0 Å². The predicted octanol–water partition coefficient (Wildman–Crippen LogP) is 3.82. The third kappa shape index (κ3) is 3.46. The number of aromatic nitrogens is 2. The molecule has 1 amide bonds. The molecule has 3 aromatic rings. The van der Waals surface area contributed by atoms with Gasteiger partial charge in [-0.1, -0.05) is 47.7 Å². The fourth-order valence-corrected chi connectivity index (χ4v) is 3.20. The van der Waals surface area contributed by atoms with E-state index >= 15 is 0 Å². The molecule has 7 heteroatoms. The average Bonchev–Trinajstić information content (AvgIpc) is 3.12. The zero-order valence-electron chi connectivity index (χ0n) is 13.3. The molecule has 0 aliphatic rings. The van der Waals surface area contributed by atoms with Gasteiger partial charge in [-0.15, -0.1) is 10.2 Å². The highest BCUT2D eigenvalue weighted by atomic mass is 32.1. The summed E-state index contributed by atoms with van der Waals surface area (Å²) >= 11 is 1.23. The third-order valence-corrected chi connectivity index (χ3v) is 4.60. The van der Waals surface area contributed by atoms with Gasteiger partial charge in [-0.3, -0.25) is 14.5 Å². The summed E-state index contributed by atoms with van der Waals surface area (Å²) in [5, 5.41) is 9.18. The first kappa shape index (κ1) is 16.9. The van der Waals surface area contributed by atoms with Crippen molar-refractivity contribution in [3.63, 3.8) is 0 Å². The highest BCUT2D eigenvalue weighted by molar-refractivity contribution is 7.18. The van der Waals surface area contributed by atoms with Gasteiger partial charge in [0.05, 0.1) is 5.56 Å². The first-order chi connectivity index (χ1) is 12.1. The van der Waals surface area contributed by atoms with Crippen molar-refractivity contribution in [3.05, 3.63) is 65.5 Å². The van der Waals surface area contributed by atoms with Crippen LogP contribution in [0.1, 0.15) is 27.6 Å². The van der Waals surface area contributed by atoms with Crippen LogP contribution in [0.2, 0.25) is 0 Å². The second-order valence-corrected chi connectivity index (χ2v) is 6.11. The maximum absolute atomic E-state index is 13.9. The van der Waals surface area contributed by atoms with Gasteiger partial charge >= 0.3 is 0 Å². The molecule has 126 valence electrons. The molecular formula is C18H14FN3O2S. The number of anilines is 1. The van der Waals surface area contributed by atoms with E-state index in [0.29, 0.717) is 22.2 Å². The largest absolute Gasteiger partial charge is 0.298 e. The van der Waals surface area contributed by atoms with Crippen LogP contribution in [0, 0.1) is 5.82 Å². The molecule has 0 saturated heterocycles. The minimum Gasteiger partial charge on any atom is -0.298 e. The van der Waals surface area contributed by atoms with Crippen molar-refractivity contribution in [2.75, 3.05) is 11.4 Å². The maximum Gasteiger partial charge on any atom is 0.263 e. The maximum atomic E-state index is 13.9. The summed E-state index contributed by atoms with van der Waals surface area (Å²) in [4.78, 5) is 24.7. The normalized spacial score (nSPS) is 10.5. The molecule has 1 aromatic heterocycles. The van der Waals surface area contributed by atoms with Crippen LogP contribution in [0.3, 0.4) is 0 Å². The molecule has 25 heavy (non-hydrogen) atoms. The number of benzene rings is 2. The highest BCUT2D eigenvalue weighted by Crippen LogP contribution is 2.29. The number of aldehydes is 1. The molecule has 0 unspecified atom stereocenters. The van der Waals surface area contributed by atoms with Gasteiger partial charge in [0, 0.05) is 17.7 Å². The molecule has 3 rings (SSSR count). The fraction of sp³-hybridized carbons (Fsp3) is 0.111. The summed E-state index contributed by atoms with van der Waals surface area (Å²) in [5.74, 6) is -1.03. The van der Waals surface area contributed by atoms with Gasteiger partial charge < -0.3 is 0 Å². The van der Waals surface area contributed by atoms with E-state index in [4.69, 9.17) is 0 Å². The first-order valence-electron chi connectivity index (χ1n) is 7.59. The lowest BCUT2D eigenvalue weighted by Gasteiger charge is -2.17. The second-order valence-electron chi connectivity index (χ2n) is 5.16. The minimum absolute atomic E-state index is 0.00330. The van der Waals surface area contributed by atoms with E-state index in [9.17, 15) is 14.0 Å². The Bertz CT molecular complexity index is 909. The van der Waals surface area contributed by atoms with Crippen LogP contribution in [0.4, 0.5) is 9.52 Å². The van der Waals surface area contributed by atoms with E-state index in [1.807, 2.05) is 0 Å². The van der Waals surface area contributed by atoms with Crippen LogP contribution in [-0.2, 0) is 0 Å². The smallest absolute Gasteiger partial charge is 0.263 e. The van der Waals surface area contributed by atoms with Crippen LogP contribution in [0.15, 0.2) is 48.5 Å². The zero-order chi connectivity index (χ0) is 17.8. The van der Waals surface area contributed by atoms with Crippen molar-refractivity contribution in [2.24, 2.45) is 0 Å². The van der Waals surface area contributed by atoms with Gasteiger partial charge in [-0.25, -0.2) is 4.39 Å². The van der Waals surface area contributed by atoms with Gasteiger partial charge in [-0.2, -0.15) is 0 Å². The van der Waals surface area contributed by atoms with Crippen molar-refractivity contribution < 1.29 is 14.0 Å². The Morgan fingerprint density at radius 3 is 2.52 bits per heavy atom. The molecule has 0 N–H and O–H groups in total. The number of nitrogens with zero attached hydrogens (tertiary/aromatic N) is 3. The molecule has 0 aliphatic carbocycles. The van der Waals surface area contributed by atoms with E-state index in [1.165, 1.54) is 34.4 Å². The lowest BCUT2D eigenvalue weighted by Crippen LogP contribution is -2.31. The number of carbonyl (C=O) groups is 2. The SMILES string of the molecule is CCN(C(=O)c1ccccc1F)c1nnc(-c2ccc(C=O)cc2)s1. The van der Waals surface area contributed by atoms with Crippen molar-refractivity contribution >= 4 is 28.7 Å². The van der Waals surface area contributed by atoms with E-state index in [1.54, 1.807) is 37.3 Å². The first-order valence-corrected chi connectivity index (χ1v) is 8.41. The van der Waals surface area contributed by atoms with Gasteiger partial charge in [0.2, 0.25) is 5.13 Å². The topological polar surface area (TPSA) is 63.2 Å². The van der Waals surface area contributed by atoms with Gasteiger partial charge in [0.1, 0.15) is 17.1 Å². The Labute approximate surface area is 147 Å². The van der Waals surface area contributed by atoms with Crippen molar-refractivity contribution in [3.8, 4) is 10.6 Å². The van der Waals surface area contributed by atoms with E-state index < -0.39 is 11.7 Å². The molecule has 0 saturated carbocycles. The van der Waals surface area contributed by atoms with Crippen LogP contribution in [0.25, 0.3) is 10.6 Å². The summed E-state index contributed by atoms with van der Waals surface area (Å²) < 4.78 is 13.9. The summed E-state index contributed by atoms with van der Waals surface area (Å²) in [7, 11) is 0. The van der Waals surface area contributed by atoms with E-state index in [2.05, 4.69) is 10.2 Å². The molecule has 2 aromatic carbocycles. The summed E-state index contributed by atoms with van der Waals surface area (Å²) in [6.45, 7) is 2.13. The Morgan fingerprint density at radius 1 is 1.16 bits per heavy atom. The van der Waals surface area contributed by atoms with Crippen LogP contribution in [-0.4, -0.2) is 28.9 Å². The van der Waals surface area contributed by atoms with Crippen LogP contribution < -0.4 is 4.90 Å². The monoisotopic (exact) mass is 355 g/mol. The van der Waals surface area contributed by atoms with Crippen LogP contribution >= 0.6 is 11.3 Å². The molecular weight excluding hydrogens is 341 g/mol. The molecule has 0 atom stereocenters. The Balaban J connectivity index is 1.89. The van der Waals surface area contributed by atoms with Gasteiger partial charge in [0.25, 0.3) is 5.91 Å². The summed E-state index contributed by atoms with van der Waals surface area (Å²) in [6, 6.07) is 12.8. The number of hydrogen-bond acceptors (Lipinski definition) is 5. The Morgan fingerprint density at radius 2 is 1.88 bits per heavy atom. The highest BCUT2D eigenvalue weighted by Gasteiger charge is 2.22. The predicted molar refractivity (Wildman–Crippen MR) is 94.5 cm³/mol. The number of hydrogen-bond donors (Lipinski definition) is 0. The van der Waals surface area contributed by atoms with Crippen molar-refractivity contribution in [1.82, 2.24) is 10.2 Å². The van der Waals surface area contributed by atoms with E-state index in [0.717, 1.165) is 11.8 Å². The van der Waals surface area contributed by atoms with Crippen LogP contribution in [0.5, 0.6) is 0 Å². The number of carbonyl (C=O) groups excluding carboxylic acids is 2. The van der Waals surface area contributed by atoms with Crippen molar-refractivity contribution in [1.29, 1.82) is 0 Å². The quantitative estimate of drug-likeness (QED) is 0.653. The zero-order valence-corrected chi connectivity index (χ0v) is 14.2. The lowest BCUT2D eigenvalue weighted by atomic mass is 10.2. The minimum atomic E-state index is -0.569.